The molecule has 0 radical (unpaired) electrons. The molecule has 1 fully saturated rings. The summed E-state index contributed by atoms with van der Waals surface area (Å²) in [6.45, 7) is 11.1. The van der Waals surface area contributed by atoms with E-state index in [1.165, 1.54) is 4.90 Å². The number of nitrogens with zero attached hydrogens (tertiary/aromatic N) is 3. The van der Waals surface area contributed by atoms with Crippen LogP contribution in [0.15, 0.2) is 18.1 Å². The first-order valence-corrected chi connectivity index (χ1v) is 8.93. The minimum atomic E-state index is -0.617. The van der Waals surface area contributed by atoms with Crippen LogP contribution in [0.5, 0.6) is 0 Å². The molecule has 1 aliphatic heterocycles. The van der Waals surface area contributed by atoms with E-state index < -0.39 is 11.7 Å². The lowest BCUT2D eigenvalue weighted by Crippen LogP contribution is -2.44. The maximum Gasteiger partial charge on any atom is 0.417 e. The molecule has 0 unspecified atom stereocenters. The van der Waals surface area contributed by atoms with E-state index in [2.05, 4.69) is 18.8 Å². The smallest absolute Gasteiger partial charge is 0.417 e. The molecule has 2 rings (SSSR count). The van der Waals surface area contributed by atoms with Crippen LogP contribution in [-0.2, 0) is 16.1 Å². The molecule has 1 saturated heterocycles. The van der Waals surface area contributed by atoms with Gasteiger partial charge in [0.05, 0.1) is 12.0 Å². The molecule has 2 amide bonds. The van der Waals surface area contributed by atoms with Gasteiger partial charge in [-0.3, -0.25) is 4.79 Å². The summed E-state index contributed by atoms with van der Waals surface area (Å²) < 4.78 is 7.36. The third kappa shape index (κ3) is 5.73. The number of rotatable bonds is 4. The Morgan fingerprint density at radius 2 is 2.12 bits per heavy atom. The van der Waals surface area contributed by atoms with Crippen LogP contribution in [0.25, 0.3) is 6.08 Å². The highest BCUT2D eigenvalue weighted by Crippen LogP contribution is 2.22. The highest BCUT2D eigenvalue weighted by atomic mass is 16.6. The standard InChI is InChI=1S/C19H29N3O3/c1-14(2)8-10-21-12-16(20-13-21)11-15-7-6-9-22(17(15)23)18(24)25-19(3,4)5/h11-14H,6-10H2,1-5H3/b15-11+. The summed E-state index contributed by atoms with van der Waals surface area (Å²) in [7, 11) is 0. The van der Waals surface area contributed by atoms with Gasteiger partial charge in [0.25, 0.3) is 5.91 Å². The predicted molar refractivity (Wildman–Crippen MR) is 96.8 cm³/mol. The molecule has 138 valence electrons. The number of carbonyl (C=O) groups is 2. The average molecular weight is 347 g/mol. The van der Waals surface area contributed by atoms with Gasteiger partial charge in [-0.15, -0.1) is 0 Å². The number of ether oxygens (including phenoxy) is 1. The molecule has 6 heteroatoms. The second kappa shape index (κ2) is 7.85. The average Bonchev–Trinajstić information content (AvgIpc) is 2.93. The molecule has 0 aliphatic carbocycles. The molecule has 2 heterocycles. The molecular weight excluding hydrogens is 318 g/mol. The van der Waals surface area contributed by atoms with E-state index in [4.69, 9.17) is 4.74 Å². The van der Waals surface area contributed by atoms with E-state index in [9.17, 15) is 9.59 Å². The number of imidazole rings is 1. The zero-order valence-electron chi connectivity index (χ0n) is 15.9. The summed E-state index contributed by atoms with van der Waals surface area (Å²) in [6, 6.07) is 0. The Morgan fingerprint density at radius 1 is 1.40 bits per heavy atom. The lowest BCUT2D eigenvalue weighted by atomic mass is 10.0. The van der Waals surface area contributed by atoms with E-state index in [1.807, 2.05) is 10.8 Å². The number of imide groups is 1. The molecule has 0 spiro atoms. The number of piperidine rings is 1. The summed E-state index contributed by atoms with van der Waals surface area (Å²) >= 11 is 0. The summed E-state index contributed by atoms with van der Waals surface area (Å²) in [4.78, 5) is 30.4. The Labute approximate surface area is 149 Å². The Kier molecular flexibility index (Phi) is 6.03. The molecular formula is C19H29N3O3. The predicted octanol–water partition coefficient (Wildman–Crippen LogP) is 3.87. The van der Waals surface area contributed by atoms with Crippen molar-refractivity contribution in [2.45, 2.75) is 66.0 Å². The van der Waals surface area contributed by atoms with Crippen LogP contribution in [0.1, 0.15) is 59.6 Å². The molecule has 0 atom stereocenters. The van der Waals surface area contributed by atoms with Crippen molar-refractivity contribution in [3.63, 3.8) is 0 Å². The second-order valence-corrected chi connectivity index (χ2v) is 7.93. The zero-order chi connectivity index (χ0) is 18.6. The number of likely N-dealkylation sites (tertiary alicyclic amines) is 1. The highest BCUT2D eigenvalue weighted by molar-refractivity contribution is 6.05. The Hall–Kier alpha value is -2.11. The van der Waals surface area contributed by atoms with E-state index >= 15 is 0 Å². The van der Waals surface area contributed by atoms with E-state index in [-0.39, 0.29) is 5.91 Å². The molecule has 0 N–H and O–H groups in total. The number of hydrogen-bond donors (Lipinski definition) is 0. The van der Waals surface area contributed by atoms with Crippen LogP contribution in [0, 0.1) is 5.92 Å². The lowest BCUT2D eigenvalue weighted by molar-refractivity contribution is -0.127. The van der Waals surface area contributed by atoms with Crippen molar-refractivity contribution in [2.75, 3.05) is 6.54 Å². The number of aryl methyl sites for hydroxylation is 1. The summed E-state index contributed by atoms with van der Waals surface area (Å²) in [5, 5.41) is 0. The van der Waals surface area contributed by atoms with Gasteiger partial charge in [-0.2, -0.15) is 0 Å². The van der Waals surface area contributed by atoms with Crippen molar-refractivity contribution in [1.82, 2.24) is 14.5 Å². The largest absolute Gasteiger partial charge is 0.443 e. The van der Waals surface area contributed by atoms with Crippen molar-refractivity contribution in [2.24, 2.45) is 5.92 Å². The van der Waals surface area contributed by atoms with Gasteiger partial charge in [0.15, 0.2) is 0 Å². The first-order chi connectivity index (χ1) is 11.7. The van der Waals surface area contributed by atoms with Crippen LogP contribution in [0.3, 0.4) is 0 Å². The van der Waals surface area contributed by atoms with Gasteiger partial charge in [-0.1, -0.05) is 13.8 Å². The molecule has 0 bridgehead atoms. The monoisotopic (exact) mass is 347 g/mol. The number of hydrogen-bond acceptors (Lipinski definition) is 4. The van der Waals surface area contributed by atoms with Gasteiger partial charge in [0, 0.05) is 24.9 Å². The van der Waals surface area contributed by atoms with Crippen molar-refractivity contribution >= 4 is 18.1 Å². The zero-order valence-corrected chi connectivity index (χ0v) is 15.9. The van der Waals surface area contributed by atoms with E-state index in [0.29, 0.717) is 24.5 Å². The van der Waals surface area contributed by atoms with Crippen LogP contribution < -0.4 is 0 Å². The Bertz CT molecular complexity index is 653. The van der Waals surface area contributed by atoms with Crippen LogP contribution >= 0.6 is 0 Å². The summed E-state index contributed by atoms with van der Waals surface area (Å²) in [6.07, 6.45) is 7.40. The lowest BCUT2D eigenvalue weighted by Gasteiger charge is -2.29. The quantitative estimate of drug-likeness (QED) is 0.776. The van der Waals surface area contributed by atoms with Gasteiger partial charge < -0.3 is 9.30 Å². The Morgan fingerprint density at radius 3 is 2.76 bits per heavy atom. The van der Waals surface area contributed by atoms with Crippen molar-refractivity contribution in [3.05, 3.63) is 23.8 Å². The highest BCUT2D eigenvalue weighted by Gasteiger charge is 2.31. The summed E-state index contributed by atoms with van der Waals surface area (Å²) in [5.41, 5.74) is 0.734. The Balaban J connectivity index is 2.07. The minimum Gasteiger partial charge on any atom is -0.443 e. The maximum absolute atomic E-state index is 12.6. The van der Waals surface area contributed by atoms with Gasteiger partial charge in [0.1, 0.15) is 5.60 Å². The third-order valence-corrected chi connectivity index (χ3v) is 3.90. The minimum absolute atomic E-state index is 0.280. The number of amides is 2. The molecule has 6 nitrogen and oxygen atoms in total. The summed E-state index contributed by atoms with van der Waals surface area (Å²) in [5.74, 6) is 0.351. The molecule has 25 heavy (non-hydrogen) atoms. The fourth-order valence-electron chi connectivity index (χ4n) is 2.59. The molecule has 0 aromatic carbocycles. The van der Waals surface area contributed by atoms with Gasteiger partial charge in [-0.25, -0.2) is 14.7 Å². The SMILES string of the molecule is CC(C)CCn1cnc(/C=C2\CCCN(C(=O)OC(C)(C)C)C2=O)c1. The first-order valence-electron chi connectivity index (χ1n) is 8.93. The molecule has 0 saturated carbocycles. The third-order valence-electron chi connectivity index (χ3n) is 3.90. The first kappa shape index (κ1) is 19.2. The van der Waals surface area contributed by atoms with Gasteiger partial charge in [0.2, 0.25) is 0 Å². The van der Waals surface area contributed by atoms with Crippen molar-refractivity contribution in [1.29, 1.82) is 0 Å². The van der Waals surface area contributed by atoms with E-state index in [0.717, 1.165) is 25.1 Å². The molecule has 1 aromatic heterocycles. The molecule has 1 aliphatic rings. The van der Waals surface area contributed by atoms with Crippen molar-refractivity contribution < 1.29 is 14.3 Å². The van der Waals surface area contributed by atoms with Gasteiger partial charge >= 0.3 is 6.09 Å². The fraction of sp³-hybridized carbons (Fsp3) is 0.632. The molecule has 1 aromatic rings. The fourth-order valence-corrected chi connectivity index (χ4v) is 2.59. The van der Waals surface area contributed by atoms with Crippen molar-refractivity contribution in [3.8, 4) is 0 Å². The topological polar surface area (TPSA) is 64.4 Å². The maximum atomic E-state index is 12.6. The van der Waals surface area contributed by atoms with Crippen LogP contribution in [0.2, 0.25) is 0 Å². The van der Waals surface area contributed by atoms with E-state index in [1.54, 1.807) is 33.2 Å². The normalized spacial score (nSPS) is 17.4. The number of carbonyl (C=O) groups excluding carboxylic acids is 2. The van der Waals surface area contributed by atoms with Crippen LogP contribution in [-0.4, -0.2) is 38.6 Å². The second-order valence-electron chi connectivity index (χ2n) is 7.93. The van der Waals surface area contributed by atoms with Gasteiger partial charge in [-0.05, 0) is 52.0 Å². The van der Waals surface area contributed by atoms with Crippen LogP contribution in [0.4, 0.5) is 4.79 Å². The number of aromatic nitrogens is 2.